The zero-order valence-electron chi connectivity index (χ0n) is 21.7. The van der Waals surface area contributed by atoms with Crippen molar-refractivity contribution in [2.75, 3.05) is 39.3 Å². The van der Waals surface area contributed by atoms with Gasteiger partial charge in [-0.2, -0.15) is 0 Å². The summed E-state index contributed by atoms with van der Waals surface area (Å²) in [5.74, 6) is 5.06. The Hall–Kier alpha value is -0.320. The first-order valence-corrected chi connectivity index (χ1v) is 14.9. The van der Waals surface area contributed by atoms with Gasteiger partial charge in [0, 0.05) is 19.5 Å². The fourth-order valence-electron chi connectivity index (χ4n) is 8.83. The molecule has 2 N–H and O–H groups in total. The third-order valence-corrected chi connectivity index (χ3v) is 10.2. The molecule has 0 radical (unpaired) electrons. The third-order valence-electron chi connectivity index (χ3n) is 10.2. The monoisotopic (exact) mass is 493 g/mol. The van der Waals surface area contributed by atoms with Crippen molar-refractivity contribution in [1.29, 1.82) is 0 Å². The van der Waals surface area contributed by atoms with Crippen LogP contribution in [-0.2, 0) is 4.79 Å². The number of nitrogens with one attached hydrogen (secondary N) is 2. The summed E-state index contributed by atoms with van der Waals surface area (Å²) >= 11 is 0. The Morgan fingerprint density at radius 2 is 1.24 bits per heavy atom. The molecule has 0 aromatic heterocycles. The molecule has 5 aliphatic carbocycles. The van der Waals surface area contributed by atoms with Crippen LogP contribution in [0.3, 0.4) is 0 Å². The molecule has 196 valence electrons. The van der Waals surface area contributed by atoms with E-state index in [9.17, 15) is 4.79 Å². The van der Waals surface area contributed by atoms with Gasteiger partial charge in [0.2, 0.25) is 5.91 Å². The molecular formula is C29H52ClN3O. The van der Waals surface area contributed by atoms with Crippen LogP contribution in [0.25, 0.3) is 0 Å². The molecule has 4 bridgehead atoms. The standard InChI is InChI=1S/C29H51N3O.ClH/c33-28(20-29-17-25-14-26(18-29)16-27(15-25)19-29)32-12-8-24(9-13-32)22-31-11-5-4-10-30-21-23-6-2-1-3-7-23;/h23-27,30-31H,1-22H2;1H. The van der Waals surface area contributed by atoms with E-state index in [1.165, 1.54) is 109 Å². The molecule has 1 aliphatic heterocycles. The average Bonchev–Trinajstić information content (AvgIpc) is 2.80. The van der Waals surface area contributed by atoms with Crippen molar-refractivity contribution in [1.82, 2.24) is 15.5 Å². The Morgan fingerprint density at radius 3 is 1.76 bits per heavy atom. The highest BCUT2D eigenvalue weighted by molar-refractivity contribution is 5.85. The molecule has 1 saturated heterocycles. The van der Waals surface area contributed by atoms with Crippen LogP contribution in [0.4, 0.5) is 0 Å². The Kier molecular flexibility index (Phi) is 10.0. The molecule has 1 heterocycles. The maximum Gasteiger partial charge on any atom is 0.223 e. The summed E-state index contributed by atoms with van der Waals surface area (Å²) in [4.78, 5) is 15.4. The van der Waals surface area contributed by atoms with Crippen LogP contribution in [0.2, 0.25) is 0 Å². The van der Waals surface area contributed by atoms with Crippen molar-refractivity contribution in [3.05, 3.63) is 0 Å². The Balaban J connectivity index is 0.00000274. The van der Waals surface area contributed by atoms with Crippen molar-refractivity contribution in [3.63, 3.8) is 0 Å². The van der Waals surface area contributed by atoms with Crippen molar-refractivity contribution in [3.8, 4) is 0 Å². The summed E-state index contributed by atoms with van der Waals surface area (Å²) in [6.45, 7) is 6.73. The number of nitrogens with zero attached hydrogens (tertiary/aromatic N) is 1. The van der Waals surface area contributed by atoms with Crippen LogP contribution < -0.4 is 10.6 Å². The molecular weight excluding hydrogens is 442 g/mol. The van der Waals surface area contributed by atoms with E-state index >= 15 is 0 Å². The van der Waals surface area contributed by atoms with Gasteiger partial charge in [-0.25, -0.2) is 0 Å². The summed E-state index contributed by atoms with van der Waals surface area (Å²) in [6.07, 6.45) is 21.6. The normalized spacial score (nSPS) is 33.8. The predicted octanol–water partition coefficient (Wildman–Crippen LogP) is 5.79. The first-order valence-electron chi connectivity index (χ1n) is 14.9. The van der Waals surface area contributed by atoms with Crippen LogP contribution >= 0.6 is 12.4 Å². The molecule has 1 amide bonds. The number of unbranched alkanes of at least 4 members (excludes halogenated alkanes) is 1. The SMILES string of the molecule is Cl.O=C(CC12CC3CC(CC(C3)C1)C2)N1CCC(CNCCCCNCC2CCCCC2)CC1. The molecule has 6 rings (SSSR count). The smallest absolute Gasteiger partial charge is 0.223 e. The number of amides is 1. The van der Waals surface area contributed by atoms with Crippen molar-refractivity contribution in [2.24, 2.45) is 35.0 Å². The molecule has 0 aromatic carbocycles. The number of piperidine rings is 1. The van der Waals surface area contributed by atoms with Crippen LogP contribution in [0.15, 0.2) is 0 Å². The summed E-state index contributed by atoms with van der Waals surface area (Å²) in [6, 6.07) is 0. The second-order valence-electron chi connectivity index (χ2n) is 13.0. The second-order valence-corrected chi connectivity index (χ2v) is 13.0. The van der Waals surface area contributed by atoms with Crippen molar-refractivity contribution >= 4 is 18.3 Å². The van der Waals surface area contributed by atoms with Gasteiger partial charge in [-0.3, -0.25) is 4.79 Å². The van der Waals surface area contributed by atoms with E-state index in [0.717, 1.165) is 62.2 Å². The lowest BCUT2D eigenvalue weighted by atomic mass is 9.49. The van der Waals surface area contributed by atoms with Gasteiger partial charge in [0.25, 0.3) is 0 Å². The lowest BCUT2D eigenvalue weighted by Crippen LogP contribution is -2.49. The van der Waals surface area contributed by atoms with Gasteiger partial charge in [-0.15, -0.1) is 12.4 Å². The predicted molar refractivity (Wildman–Crippen MR) is 143 cm³/mol. The highest BCUT2D eigenvalue weighted by Crippen LogP contribution is 2.61. The number of rotatable bonds is 11. The lowest BCUT2D eigenvalue weighted by molar-refractivity contribution is -0.140. The van der Waals surface area contributed by atoms with E-state index in [0.29, 0.717) is 11.3 Å². The fraction of sp³-hybridized carbons (Fsp3) is 0.966. The molecule has 4 nitrogen and oxygen atoms in total. The van der Waals surface area contributed by atoms with Gasteiger partial charge < -0.3 is 15.5 Å². The quantitative estimate of drug-likeness (QED) is 0.358. The average molecular weight is 494 g/mol. The molecule has 5 saturated carbocycles. The number of hydrogen-bond donors (Lipinski definition) is 2. The molecule has 5 heteroatoms. The van der Waals surface area contributed by atoms with E-state index in [2.05, 4.69) is 15.5 Å². The zero-order chi connectivity index (χ0) is 22.5. The number of likely N-dealkylation sites (tertiary alicyclic amines) is 1. The maximum absolute atomic E-state index is 13.2. The van der Waals surface area contributed by atoms with Crippen LogP contribution in [0.5, 0.6) is 0 Å². The van der Waals surface area contributed by atoms with Gasteiger partial charge in [-0.05, 0) is 138 Å². The molecule has 6 aliphatic rings. The topological polar surface area (TPSA) is 44.4 Å². The van der Waals surface area contributed by atoms with Gasteiger partial charge in [0.1, 0.15) is 0 Å². The molecule has 0 aromatic rings. The summed E-state index contributed by atoms with van der Waals surface area (Å²) < 4.78 is 0. The molecule has 0 atom stereocenters. The van der Waals surface area contributed by atoms with E-state index < -0.39 is 0 Å². The minimum atomic E-state index is 0. The largest absolute Gasteiger partial charge is 0.343 e. The summed E-state index contributed by atoms with van der Waals surface area (Å²) in [5.41, 5.74) is 0.398. The Labute approximate surface area is 215 Å². The lowest BCUT2D eigenvalue weighted by Gasteiger charge is -2.57. The highest BCUT2D eigenvalue weighted by Gasteiger charge is 2.51. The summed E-state index contributed by atoms with van der Waals surface area (Å²) in [5, 5.41) is 7.40. The van der Waals surface area contributed by atoms with E-state index in [-0.39, 0.29) is 12.4 Å². The molecule has 0 unspecified atom stereocenters. The number of hydrogen-bond acceptors (Lipinski definition) is 3. The second kappa shape index (κ2) is 12.8. The van der Waals surface area contributed by atoms with Crippen LogP contribution in [-0.4, -0.2) is 50.1 Å². The molecule has 34 heavy (non-hydrogen) atoms. The Morgan fingerprint density at radius 1 is 0.735 bits per heavy atom. The van der Waals surface area contributed by atoms with E-state index in [1.54, 1.807) is 0 Å². The van der Waals surface area contributed by atoms with Crippen molar-refractivity contribution in [2.45, 2.75) is 103 Å². The number of halogens is 1. The highest BCUT2D eigenvalue weighted by atomic mass is 35.5. The summed E-state index contributed by atoms with van der Waals surface area (Å²) in [7, 11) is 0. The van der Waals surface area contributed by atoms with Gasteiger partial charge >= 0.3 is 0 Å². The van der Waals surface area contributed by atoms with Crippen molar-refractivity contribution < 1.29 is 4.79 Å². The minimum absolute atomic E-state index is 0. The number of carbonyl (C=O) groups is 1. The first-order chi connectivity index (χ1) is 16.2. The maximum atomic E-state index is 13.2. The zero-order valence-corrected chi connectivity index (χ0v) is 22.5. The van der Waals surface area contributed by atoms with E-state index in [1.807, 2.05) is 0 Å². The number of carbonyl (C=O) groups excluding carboxylic acids is 1. The first kappa shape index (κ1) is 26.7. The molecule has 6 fully saturated rings. The van der Waals surface area contributed by atoms with E-state index in [4.69, 9.17) is 0 Å². The van der Waals surface area contributed by atoms with Gasteiger partial charge in [0.15, 0.2) is 0 Å². The van der Waals surface area contributed by atoms with Crippen LogP contribution in [0.1, 0.15) is 103 Å². The van der Waals surface area contributed by atoms with Gasteiger partial charge in [0.05, 0.1) is 0 Å². The van der Waals surface area contributed by atoms with Gasteiger partial charge in [-0.1, -0.05) is 19.3 Å². The fourth-order valence-corrected chi connectivity index (χ4v) is 8.83. The van der Waals surface area contributed by atoms with Crippen LogP contribution in [0, 0.1) is 35.0 Å². The Bertz CT molecular complexity index is 592. The molecule has 0 spiro atoms. The minimum Gasteiger partial charge on any atom is -0.343 e. The third kappa shape index (κ3) is 7.13.